The first-order valence-corrected chi connectivity index (χ1v) is 4.16. The lowest BCUT2D eigenvalue weighted by atomic mass is 10.4. The van der Waals surface area contributed by atoms with Gasteiger partial charge >= 0.3 is 0 Å². The minimum absolute atomic E-state index is 0.307. The van der Waals surface area contributed by atoms with Gasteiger partial charge in [0.25, 0.3) is 0 Å². The highest BCUT2D eigenvalue weighted by Gasteiger charge is 1.94. The molecule has 0 amide bonds. The van der Waals surface area contributed by atoms with Crippen molar-refractivity contribution in [2.24, 2.45) is 0 Å². The van der Waals surface area contributed by atoms with E-state index in [1.807, 2.05) is 13.8 Å². The van der Waals surface area contributed by atoms with Crippen LogP contribution in [0.4, 0.5) is 0 Å². The van der Waals surface area contributed by atoms with E-state index in [1.54, 1.807) is 6.92 Å². The first kappa shape index (κ1) is 10.9. The molecule has 1 unspecified atom stereocenters. The van der Waals surface area contributed by atoms with Gasteiger partial charge in [0.05, 0.1) is 6.10 Å². The standard InChI is InChI=1S/C8H19NO2/c1-7(2)11-6-4-5-9-8(3)10/h7-10H,4-6H2,1-3H3. The molecule has 0 aromatic carbocycles. The summed E-state index contributed by atoms with van der Waals surface area (Å²) >= 11 is 0. The second-order valence-corrected chi connectivity index (χ2v) is 2.90. The minimum atomic E-state index is -0.408. The van der Waals surface area contributed by atoms with Crippen LogP contribution < -0.4 is 5.32 Å². The maximum absolute atomic E-state index is 8.81. The molecule has 0 aliphatic rings. The van der Waals surface area contributed by atoms with E-state index < -0.39 is 6.23 Å². The fourth-order valence-electron chi connectivity index (χ4n) is 0.702. The Kier molecular flexibility index (Phi) is 6.51. The van der Waals surface area contributed by atoms with Crippen LogP contribution >= 0.6 is 0 Å². The SMILES string of the molecule is CC(O)NCCCOC(C)C. The van der Waals surface area contributed by atoms with Crippen molar-refractivity contribution >= 4 is 0 Å². The van der Waals surface area contributed by atoms with E-state index in [-0.39, 0.29) is 0 Å². The van der Waals surface area contributed by atoms with Crippen molar-refractivity contribution in [1.82, 2.24) is 5.32 Å². The Morgan fingerprint density at radius 1 is 1.36 bits per heavy atom. The summed E-state index contributed by atoms with van der Waals surface area (Å²) in [7, 11) is 0. The normalized spacial score (nSPS) is 13.9. The Bertz CT molecular complexity index is 74.2. The molecule has 0 bridgehead atoms. The van der Waals surface area contributed by atoms with E-state index in [0.717, 1.165) is 19.6 Å². The predicted octanol–water partition coefficient (Wildman–Crippen LogP) is 0.729. The third-order valence-electron chi connectivity index (χ3n) is 1.21. The molecule has 0 saturated heterocycles. The van der Waals surface area contributed by atoms with Gasteiger partial charge in [-0.1, -0.05) is 0 Å². The van der Waals surface area contributed by atoms with Gasteiger partial charge in [0.2, 0.25) is 0 Å². The molecule has 0 heterocycles. The third kappa shape index (κ3) is 9.88. The average Bonchev–Trinajstić information content (AvgIpc) is 1.85. The van der Waals surface area contributed by atoms with Crippen molar-refractivity contribution in [3.8, 4) is 0 Å². The van der Waals surface area contributed by atoms with Crippen LogP contribution in [-0.4, -0.2) is 30.6 Å². The van der Waals surface area contributed by atoms with Crippen LogP contribution in [0.1, 0.15) is 27.2 Å². The summed E-state index contributed by atoms with van der Waals surface area (Å²) in [6.45, 7) is 7.31. The summed E-state index contributed by atoms with van der Waals surface area (Å²) < 4.78 is 5.30. The lowest BCUT2D eigenvalue weighted by Crippen LogP contribution is -2.27. The van der Waals surface area contributed by atoms with Crippen molar-refractivity contribution in [2.45, 2.75) is 39.5 Å². The van der Waals surface area contributed by atoms with Gasteiger partial charge in [-0.25, -0.2) is 0 Å². The highest BCUT2D eigenvalue weighted by molar-refractivity contribution is 4.47. The van der Waals surface area contributed by atoms with Crippen LogP contribution in [0.2, 0.25) is 0 Å². The number of hydrogen-bond acceptors (Lipinski definition) is 3. The van der Waals surface area contributed by atoms with Crippen molar-refractivity contribution in [3.05, 3.63) is 0 Å². The third-order valence-corrected chi connectivity index (χ3v) is 1.21. The highest BCUT2D eigenvalue weighted by atomic mass is 16.5. The monoisotopic (exact) mass is 161 g/mol. The van der Waals surface area contributed by atoms with E-state index >= 15 is 0 Å². The summed E-state index contributed by atoms with van der Waals surface area (Å²) in [6, 6.07) is 0. The lowest BCUT2D eigenvalue weighted by molar-refractivity contribution is 0.0734. The second-order valence-electron chi connectivity index (χ2n) is 2.90. The molecule has 68 valence electrons. The topological polar surface area (TPSA) is 41.5 Å². The average molecular weight is 161 g/mol. The number of hydrogen-bond donors (Lipinski definition) is 2. The van der Waals surface area contributed by atoms with Crippen LogP contribution in [0.3, 0.4) is 0 Å². The van der Waals surface area contributed by atoms with Gasteiger partial charge in [-0.3, -0.25) is 5.32 Å². The Balaban J connectivity index is 2.91. The molecule has 0 saturated carbocycles. The molecular formula is C8H19NO2. The van der Waals surface area contributed by atoms with Crippen molar-refractivity contribution in [2.75, 3.05) is 13.2 Å². The molecule has 1 atom stereocenters. The van der Waals surface area contributed by atoms with Crippen LogP contribution in [0.5, 0.6) is 0 Å². The maximum atomic E-state index is 8.81. The van der Waals surface area contributed by atoms with E-state index in [0.29, 0.717) is 6.10 Å². The summed E-state index contributed by atoms with van der Waals surface area (Å²) in [4.78, 5) is 0. The maximum Gasteiger partial charge on any atom is 0.102 e. The summed E-state index contributed by atoms with van der Waals surface area (Å²) in [5, 5.41) is 11.7. The zero-order chi connectivity index (χ0) is 8.69. The number of aliphatic hydroxyl groups is 1. The van der Waals surface area contributed by atoms with Crippen molar-refractivity contribution in [3.63, 3.8) is 0 Å². The molecule has 3 heteroatoms. The van der Waals surface area contributed by atoms with E-state index in [2.05, 4.69) is 5.32 Å². The molecule has 0 fully saturated rings. The molecule has 0 aliphatic carbocycles. The van der Waals surface area contributed by atoms with Crippen molar-refractivity contribution in [1.29, 1.82) is 0 Å². The van der Waals surface area contributed by atoms with Crippen LogP contribution in [0, 0.1) is 0 Å². The van der Waals surface area contributed by atoms with Crippen LogP contribution in [0.15, 0.2) is 0 Å². The molecule has 0 radical (unpaired) electrons. The van der Waals surface area contributed by atoms with Crippen LogP contribution in [0.25, 0.3) is 0 Å². The fraction of sp³-hybridized carbons (Fsp3) is 1.00. The minimum Gasteiger partial charge on any atom is -0.379 e. The number of rotatable bonds is 6. The predicted molar refractivity (Wildman–Crippen MR) is 45.4 cm³/mol. The Morgan fingerprint density at radius 2 is 2.00 bits per heavy atom. The molecule has 3 nitrogen and oxygen atoms in total. The van der Waals surface area contributed by atoms with Gasteiger partial charge < -0.3 is 9.84 Å². The van der Waals surface area contributed by atoms with Gasteiger partial charge in [-0.2, -0.15) is 0 Å². The summed E-state index contributed by atoms with van der Waals surface area (Å²) in [5.74, 6) is 0. The molecule has 0 aromatic heterocycles. The number of aliphatic hydroxyl groups excluding tert-OH is 1. The lowest BCUT2D eigenvalue weighted by Gasteiger charge is -2.09. The van der Waals surface area contributed by atoms with Gasteiger partial charge in [0.1, 0.15) is 6.23 Å². The van der Waals surface area contributed by atoms with Gasteiger partial charge in [0.15, 0.2) is 0 Å². The molecule has 0 spiro atoms. The summed E-state index contributed by atoms with van der Waals surface area (Å²) in [6.07, 6.45) is 0.846. The quantitative estimate of drug-likeness (QED) is 0.446. The van der Waals surface area contributed by atoms with Gasteiger partial charge in [-0.15, -0.1) is 0 Å². The van der Waals surface area contributed by atoms with E-state index in [9.17, 15) is 0 Å². The van der Waals surface area contributed by atoms with Crippen molar-refractivity contribution < 1.29 is 9.84 Å². The molecule has 11 heavy (non-hydrogen) atoms. The number of ether oxygens (including phenoxy) is 1. The van der Waals surface area contributed by atoms with E-state index in [4.69, 9.17) is 9.84 Å². The highest BCUT2D eigenvalue weighted by Crippen LogP contribution is 1.89. The zero-order valence-electron chi connectivity index (χ0n) is 7.63. The smallest absolute Gasteiger partial charge is 0.102 e. The molecule has 0 aliphatic heterocycles. The van der Waals surface area contributed by atoms with E-state index in [1.165, 1.54) is 0 Å². The molecular weight excluding hydrogens is 142 g/mol. The number of nitrogens with one attached hydrogen (secondary N) is 1. The second kappa shape index (κ2) is 6.58. The first-order valence-electron chi connectivity index (χ1n) is 4.16. The zero-order valence-corrected chi connectivity index (χ0v) is 7.63. The van der Waals surface area contributed by atoms with Gasteiger partial charge in [0, 0.05) is 6.61 Å². The Labute approximate surface area is 68.8 Å². The molecule has 2 N–H and O–H groups in total. The molecule has 0 rings (SSSR count). The summed E-state index contributed by atoms with van der Waals surface area (Å²) in [5.41, 5.74) is 0. The Morgan fingerprint density at radius 3 is 2.45 bits per heavy atom. The Hall–Kier alpha value is -0.120. The molecule has 0 aromatic rings. The largest absolute Gasteiger partial charge is 0.379 e. The van der Waals surface area contributed by atoms with Crippen LogP contribution in [-0.2, 0) is 4.74 Å². The fourth-order valence-corrected chi connectivity index (χ4v) is 0.702. The van der Waals surface area contributed by atoms with Gasteiger partial charge in [-0.05, 0) is 33.7 Å². The first-order chi connectivity index (χ1) is 5.13.